The fourth-order valence-corrected chi connectivity index (χ4v) is 1.66. The molecule has 2 rings (SSSR count). The Morgan fingerprint density at radius 3 is 2.47 bits per heavy atom. The molecule has 1 aromatic carbocycles. The monoisotopic (exact) mass is 229 g/mol. The molecule has 2 heteroatoms. The molecule has 1 heterocycles. The van der Waals surface area contributed by atoms with Crippen LogP contribution in [0.1, 0.15) is 26.3 Å². The third-order valence-electron chi connectivity index (χ3n) is 2.89. The molecule has 1 aliphatic heterocycles. The molecule has 1 aromatic rings. The lowest BCUT2D eigenvalue weighted by molar-refractivity contribution is 0.236. The van der Waals surface area contributed by atoms with E-state index in [1.807, 2.05) is 30.4 Å². The average molecular weight is 229 g/mol. The van der Waals surface area contributed by atoms with Crippen molar-refractivity contribution in [3.8, 4) is 0 Å². The van der Waals surface area contributed by atoms with Crippen LogP contribution in [0.2, 0.25) is 0 Å². The molecule has 0 N–H and O–H groups in total. The van der Waals surface area contributed by atoms with E-state index in [-0.39, 0.29) is 11.5 Å². The SMILES string of the molecule is CC(C)(C)[C@H]1COC(/C=C/c2ccccc2)=N1. The van der Waals surface area contributed by atoms with Gasteiger partial charge in [-0.15, -0.1) is 0 Å². The summed E-state index contributed by atoms with van der Waals surface area (Å²) in [4.78, 5) is 4.58. The van der Waals surface area contributed by atoms with Crippen LogP contribution in [-0.2, 0) is 4.74 Å². The largest absolute Gasteiger partial charge is 0.476 e. The highest BCUT2D eigenvalue weighted by atomic mass is 16.5. The van der Waals surface area contributed by atoms with E-state index in [2.05, 4.69) is 37.9 Å². The van der Waals surface area contributed by atoms with Gasteiger partial charge in [0.2, 0.25) is 5.90 Å². The summed E-state index contributed by atoms with van der Waals surface area (Å²) in [6.45, 7) is 7.26. The molecule has 0 aromatic heterocycles. The maximum atomic E-state index is 5.58. The molecule has 2 nitrogen and oxygen atoms in total. The summed E-state index contributed by atoms with van der Waals surface area (Å²) >= 11 is 0. The van der Waals surface area contributed by atoms with E-state index in [1.54, 1.807) is 0 Å². The molecule has 90 valence electrons. The maximum Gasteiger partial charge on any atom is 0.209 e. The maximum absolute atomic E-state index is 5.58. The Balaban J connectivity index is 2.04. The van der Waals surface area contributed by atoms with Gasteiger partial charge in [-0.25, -0.2) is 4.99 Å². The number of ether oxygens (including phenoxy) is 1. The van der Waals surface area contributed by atoms with E-state index in [0.717, 1.165) is 11.5 Å². The molecular formula is C15H19NO. The van der Waals surface area contributed by atoms with Crippen molar-refractivity contribution in [3.05, 3.63) is 42.0 Å². The van der Waals surface area contributed by atoms with E-state index in [4.69, 9.17) is 4.74 Å². The summed E-state index contributed by atoms with van der Waals surface area (Å²) in [5.74, 6) is 0.744. The fraction of sp³-hybridized carbons (Fsp3) is 0.400. The van der Waals surface area contributed by atoms with Crippen molar-refractivity contribution >= 4 is 12.0 Å². The minimum atomic E-state index is 0.169. The number of hydrogen-bond acceptors (Lipinski definition) is 2. The lowest BCUT2D eigenvalue weighted by atomic mass is 9.88. The van der Waals surface area contributed by atoms with Gasteiger partial charge < -0.3 is 4.74 Å². The molecule has 0 unspecified atom stereocenters. The third kappa shape index (κ3) is 3.19. The predicted molar refractivity (Wildman–Crippen MR) is 72.1 cm³/mol. The van der Waals surface area contributed by atoms with Gasteiger partial charge >= 0.3 is 0 Å². The molecule has 1 atom stereocenters. The minimum Gasteiger partial charge on any atom is -0.476 e. The quantitative estimate of drug-likeness (QED) is 0.760. The molecule has 1 aliphatic rings. The van der Waals surface area contributed by atoms with Gasteiger partial charge in [0, 0.05) is 6.08 Å². The first-order chi connectivity index (χ1) is 8.05. The second kappa shape index (κ2) is 4.74. The molecule has 0 spiro atoms. The van der Waals surface area contributed by atoms with Gasteiger partial charge in [-0.05, 0) is 17.1 Å². The predicted octanol–water partition coefficient (Wildman–Crippen LogP) is 3.54. The molecule has 0 saturated carbocycles. The summed E-state index contributed by atoms with van der Waals surface area (Å²) in [5.41, 5.74) is 1.33. The average Bonchev–Trinajstić information content (AvgIpc) is 2.76. The van der Waals surface area contributed by atoms with Crippen LogP contribution >= 0.6 is 0 Å². The Kier molecular flexibility index (Phi) is 3.32. The van der Waals surface area contributed by atoms with E-state index in [0.29, 0.717) is 6.61 Å². The van der Waals surface area contributed by atoms with Crippen LogP contribution in [0.25, 0.3) is 6.08 Å². The van der Waals surface area contributed by atoms with Gasteiger partial charge in [0.15, 0.2) is 0 Å². The molecule has 0 amide bonds. The van der Waals surface area contributed by atoms with E-state index in [9.17, 15) is 0 Å². The topological polar surface area (TPSA) is 21.6 Å². The zero-order chi connectivity index (χ0) is 12.3. The third-order valence-corrected chi connectivity index (χ3v) is 2.89. The molecule has 0 fully saturated rings. The molecule has 0 bridgehead atoms. The number of benzene rings is 1. The summed E-state index contributed by atoms with van der Waals surface area (Å²) < 4.78 is 5.58. The number of aliphatic imine (C=N–C) groups is 1. The lowest BCUT2D eigenvalue weighted by Crippen LogP contribution is -2.25. The first-order valence-corrected chi connectivity index (χ1v) is 5.99. The number of rotatable bonds is 2. The summed E-state index contributed by atoms with van der Waals surface area (Å²) in [6.07, 6.45) is 3.98. The first kappa shape index (κ1) is 11.9. The molecular weight excluding hydrogens is 210 g/mol. The van der Waals surface area contributed by atoms with Crippen LogP contribution in [0.3, 0.4) is 0 Å². The van der Waals surface area contributed by atoms with Gasteiger partial charge in [-0.1, -0.05) is 51.1 Å². The Bertz CT molecular complexity index is 426. The van der Waals surface area contributed by atoms with Gasteiger partial charge in [0.05, 0.1) is 6.04 Å². The molecule has 0 saturated heterocycles. The van der Waals surface area contributed by atoms with Crippen LogP contribution in [0.5, 0.6) is 0 Å². The smallest absolute Gasteiger partial charge is 0.209 e. The van der Waals surface area contributed by atoms with Crippen molar-refractivity contribution in [3.63, 3.8) is 0 Å². The van der Waals surface area contributed by atoms with Gasteiger partial charge in [-0.3, -0.25) is 0 Å². The zero-order valence-electron chi connectivity index (χ0n) is 10.7. The molecule has 0 aliphatic carbocycles. The van der Waals surface area contributed by atoms with Crippen molar-refractivity contribution in [2.24, 2.45) is 10.4 Å². The first-order valence-electron chi connectivity index (χ1n) is 5.99. The van der Waals surface area contributed by atoms with Gasteiger partial charge in [0.1, 0.15) is 6.61 Å². The highest BCUT2D eigenvalue weighted by Crippen LogP contribution is 2.26. The van der Waals surface area contributed by atoms with E-state index in [1.165, 1.54) is 0 Å². The Morgan fingerprint density at radius 2 is 1.88 bits per heavy atom. The van der Waals surface area contributed by atoms with Gasteiger partial charge in [-0.2, -0.15) is 0 Å². The highest BCUT2D eigenvalue weighted by molar-refractivity contribution is 5.92. The standard InChI is InChI=1S/C15H19NO/c1-15(2,3)13-11-17-14(16-13)10-9-12-7-5-4-6-8-12/h4-10,13H,11H2,1-3H3/b10-9+/t13-/m1/s1. The summed E-state index contributed by atoms with van der Waals surface area (Å²) in [7, 11) is 0. The molecule has 0 radical (unpaired) electrons. The van der Waals surface area contributed by atoms with E-state index >= 15 is 0 Å². The Labute approximate surface area is 103 Å². The lowest BCUT2D eigenvalue weighted by Gasteiger charge is -2.21. The summed E-state index contributed by atoms with van der Waals surface area (Å²) in [5, 5.41) is 0. The van der Waals surface area contributed by atoms with Crippen LogP contribution in [0.4, 0.5) is 0 Å². The van der Waals surface area contributed by atoms with E-state index < -0.39 is 0 Å². The van der Waals surface area contributed by atoms with Crippen molar-refractivity contribution < 1.29 is 4.74 Å². The van der Waals surface area contributed by atoms with Crippen LogP contribution in [0.15, 0.2) is 41.4 Å². The fourth-order valence-electron chi connectivity index (χ4n) is 1.66. The second-order valence-corrected chi connectivity index (χ2v) is 5.40. The normalized spacial score (nSPS) is 20.4. The second-order valence-electron chi connectivity index (χ2n) is 5.40. The molecule has 17 heavy (non-hydrogen) atoms. The van der Waals surface area contributed by atoms with Crippen molar-refractivity contribution in [1.29, 1.82) is 0 Å². The number of nitrogens with zero attached hydrogens (tertiary/aromatic N) is 1. The van der Waals surface area contributed by atoms with Crippen LogP contribution in [0, 0.1) is 5.41 Å². The van der Waals surface area contributed by atoms with Crippen molar-refractivity contribution in [2.45, 2.75) is 26.8 Å². The minimum absolute atomic E-state index is 0.169. The van der Waals surface area contributed by atoms with Crippen LogP contribution in [-0.4, -0.2) is 18.5 Å². The van der Waals surface area contributed by atoms with Gasteiger partial charge in [0.25, 0.3) is 0 Å². The van der Waals surface area contributed by atoms with Crippen molar-refractivity contribution in [2.75, 3.05) is 6.61 Å². The zero-order valence-corrected chi connectivity index (χ0v) is 10.7. The van der Waals surface area contributed by atoms with Crippen LogP contribution < -0.4 is 0 Å². The Hall–Kier alpha value is -1.57. The van der Waals surface area contributed by atoms with Crippen molar-refractivity contribution in [1.82, 2.24) is 0 Å². The summed E-state index contributed by atoms with van der Waals surface area (Å²) in [6, 6.07) is 10.4. The highest BCUT2D eigenvalue weighted by Gasteiger charge is 2.29. The Morgan fingerprint density at radius 1 is 1.18 bits per heavy atom. The number of hydrogen-bond donors (Lipinski definition) is 0.